The van der Waals surface area contributed by atoms with Crippen molar-refractivity contribution in [2.75, 3.05) is 18.6 Å². The summed E-state index contributed by atoms with van der Waals surface area (Å²) in [6.45, 7) is 2.53. The number of halogens is 2. The van der Waals surface area contributed by atoms with Gasteiger partial charge in [0.1, 0.15) is 17.9 Å². The summed E-state index contributed by atoms with van der Waals surface area (Å²) in [7, 11) is 1.49. The zero-order valence-electron chi connectivity index (χ0n) is 19.9. The summed E-state index contributed by atoms with van der Waals surface area (Å²) in [5, 5.41) is 2.81. The Morgan fingerprint density at radius 1 is 1.03 bits per heavy atom. The lowest BCUT2D eigenvalue weighted by atomic mass is 10.1. The van der Waals surface area contributed by atoms with Crippen molar-refractivity contribution in [2.45, 2.75) is 13.5 Å². The van der Waals surface area contributed by atoms with Crippen molar-refractivity contribution >= 4 is 57.1 Å². The van der Waals surface area contributed by atoms with Gasteiger partial charge in [-0.2, -0.15) is 0 Å². The van der Waals surface area contributed by atoms with E-state index >= 15 is 0 Å². The minimum atomic E-state index is -0.845. The van der Waals surface area contributed by atoms with Crippen molar-refractivity contribution in [3.63, 3.8) is 0 Å². The summed E-state index contributed by atoms with van der Waals surface area (Å²) in [6.07, 6.45) is 1.39. The van der Waals surface area contributed by atoms with Gasteiger partial charge in [0.2, 0.25) is 0 Å². The lowest BCUT2D eigenvalue weighted by Crippen LogP contribution is -2.54. The molecule has 37 heavy (non-hydrogen) atoms. The molecule has 4 amide bonds. The molecule has 1 aliphatic heterocycles. The van der Waals surface area contributed by atoms with Crippen LogP contribution in [-0.2, 0) is 16.2 Å². The van der Waals surface area contributed by atoms with Gasteiger partial charge in [-0.05, 0) is 77.0 Å². The van der Waals surface area contributed by atoms with E-state index in [2.05, 4.69) is 21.2 Å². The first-order valence-corrected chi connectivity index (χ1v) is 12.4. The topological polar surface area (TPSA) is 94.2 Å². The first-order valence-electron chi connectivity index (χ1n) is 11.2. The smallest absolute Gasteiger partial charge is 0.335 e. The highest BCUT2D eigenvalue weighted by Gasteiger charge is 2.37. The molecule has 0 radical (unpaired) electrons. The van der Waals surface area contributed by atoms with Crippen LogP contribution in [-0.4, -0.2) is 31.6 Å². The minimum Gasteiger partial charge on any atom is -0.493 e. The number of urea groups is 1. The zero-order chi connectivity index (χ0) is 26.5. The molecule has 1 heterocycles. The molecule has 3 aromatic rings. The predicted molar refractivity (Wildman–Crippen MR) is 143 cm³/mol. The largest absolute Gasteiger partial charge is 0.493 e. The number of nitrogens with zero attached hydrogens (tertiary/aromatic N) is 1. The summed E-state index contributed by atoms with van der Waals surface area (Å²) in [5.41, 5.74) is 1.39. The third-order valence-electron chi connectivity index (χ3n) is 5.40. The van der Waals surface area contributed by atoms with Gasteiger partial charge < -0.3 is 14.2 Å². The van der Waals surface area contributed by atoms with Gasteiger partial charge in [0.15, 0.2) is 11.5 Å². The fourth-order valence-corrected chi connectivity index (χ4v) is 4.40. The monoisotopic (exact) mass is 584 g/mol. The molecule has 1 saturated heterocycles. The number of hydrogen-bond donors (Lipinski definition) is 1. The molecule has 3 aromatic carbocycles. The number of hydrogen-bond acceptors (Lipinski definition) is 6. The molecule has 4 rings (SSSR count). The third kappa shape index (κ3) is 5.79. The van der Waals surface area contributed by atoms with Crippen LogP contribution in [0.1, 0.15) is 18.1 Å². The maximum Gasteiger partial charge on any atom is 0.335 e. The Morgan fingerprint density at radius 2 is 1.76 bits per heavy atom. The van der Waals surface area contributed by atoms with Crippen LogP contribution in [0.2, 0.25) is 5.02 Å². The van der Waals surface area contributed by atoms with Crippen LogP contribution in [0.5, 0.6) is 17.2 Å². The van der Waals surface area contributed by atoms with Crippen molar-refractivity contribution in [1.29, 1.82) is 0 Å². The average Bonchev–Trinajstić information content (AvgIpc) is 2.88. The number of anilines is 1. The van der Waals surface area contributed by atoms with Crippen molar-refractivity contribution in [3.8, 4) is 17.2 Å². The molecule has 0 unspecified atom stereocenters. The van der Waals surface area contributed by atoms with Crippen LogP contribution in [0.3, 0.4) is 0 Å². The van der Waals surface area contributed by atoms with Crippen LogP contribution in [0.4, 0.5) is 10.5 Å². The highest BCUT2D eigenvalue weighted by atomic mass is 79.9. The molecular formula is C27H22BrClN2O6. The minimum absolute atomic E-state index is 0.211. The number of nitrogens with one attached hydrogen (secondary N) is 1. The lowest BCUT2D eigenvalue weighted by molar-refractivity contribution is -0.122. The van der Waals surface area contributed by atoms with Crippen LogP contribution >= 0.6 is 27.5 Å². The third-order valence-corrected chi connectivity index (χ3v) is 6.36. The molecule has 0 saturated carbocycles. The molecule has 0 aliphatic carbocycles. The Labute approximate surface area is 226 Å². The van der Waals surface area contributed by atoms with E-state index in [1.165, 1.54) is 13.2 Å². The number of methoxy groups -OCH3 is 1. The van der Waals surface area contributed by atoms with Gasteiger partial charge in [-0.1, -0.05) is 29.8 Å². The number of ether oxygens (including phenoxy) is 3. The van der Waals surface area contributed by atoms with Gasteiger partial charge >= 0.3 is 6.03 Å². The Balaban J connectivity index is 1.57. The normalized spacial score (nSPS) is 14.5. The summed E-state index contributed by atoms with van der Waals surface area (Å²) < 4.78 is 17.3. The van der Waals surface area contributed by atoms with Gasteiger partial charge in [0.25, 0.3) is 11.8 Å². The standard InChI is InChI=1S/C27H22BrClN2O6/c1-3-36-24-21(28)13-16(14-23(24)35-2)12-20-25(32)30-27(34)31(26(20)33)18-8-10-19(11-9-18)37-15-17-6-4-5-7-22(17)29/h4-14H,3,15H2,1-2H3,(H,30,32,34)/b20-12+. The lowest BCUT2D eigenvalue weighted by Gasteiger charge is -2.26. The Kier molecular flexibility index (Phi) is 8.15. The van der Waals surface area contributed by atoms with Crippen LogP contribution in [0, 0.1) is 0 Å². The van der Waals surface area contributed by atoms with Crippen LogP contribution < -0.4 is 24.4 Å². The van der Waals surface area contributed by atoms with Crippen molar-refractivity contribution in [2.24, 2.45) is 0 Å². The van der Waals surface area contributed by atoms with E-state index in [1.54, 1.807) is 42.5 Å². The van der Waals surface area contributed by atoms with Crippen molar-refractivity contribution < 1.29 is 28.6 Å². The maximum atomic E-state index is 13.3. The van der Waals surface area contributed by atoms with Gasteiger partial charge in [-0.15, -0.1) is 0 Å². The number of carbonyl (C=O) groups excluding carboxylic acids is 3. The number of amides is 4. The highest BCUT2D eigenvalue weighted by Crippen LogP contribution is 2.37. The number of barbiturate groups is 1. The highest BCUT2D eigenvalue weighted by molar-refractivity contribution is 9.10. The molecule has 8 nitrogen and oxygen atoms in total. The summed E-state index contributed by atoms with van der Waals surface area (Å²) in [5.74, 6) is -0.114. The number of carbonyl (C=O) groups is 3. The first-order chi connectivity index (χ1) is 17.8. The van der Waals surface area contributed by atoms with Crippen molar-refractivity contribution in [1.82, 2.24) is 5.32 Å². The fourth-order valence-electron chi connectivity index (χ4n) is 3.63. The number of rotatable bonds is 8. The van der Waals surface area contributed by atoms with E-state index in [9.17, 15) is 14.4 Å². The van der Waals surface area contributed by atoms with Crippen LogP contribution in [0.25, 0.3) is 6.08 Å². The molecule has 1 fully saturated rings. The first kappa shape index (κ1) is 26.2. The van der Waals surface area contributed by atoms with E-state index in [0.717, 1.165) is 10.5 Å². The van der Waals surface area contributed by atoms with Gasteiger partial charge in [0.05, 0.1) is 23.9 Å². The van der Waals surface area contributed by atoms with Crippen LogP contribution in [0.15, 0.2) is 70.7 Å². The zero-order valence-corrected chi connectivity index (χ0v) is 22.3. The van der Waals surface area contributed by atoms with Gasteiger partial charge in [-0.3, -0.25) is 14.9 Å². The molecule has 1 aliphatic rings. The van der Waals surface area contributed by atoms with Crippen molar-refractivity contribution in [3.05, 3.63) is 86.9 Å². The molecule has 1 N–H and O–H groups in total. The van der Waals surface area contributed by atoms with E-state index in [4.69, 9.17) is 25.8 Å². The predicted octanol–water partition coefficient (Wildman–Crippen LogP) is 5.76. The Bertz CT molecular complexity index is 1390. The molecule has 10 heteroatoms. The molecule has 0 aromatic heterocycles. The maximum absolute atomic E-state index is 13.3. The second-order valence-electron chi connectivity index (χ2n) is 7.80. The number of benzene rings is 3. The number of imide groups is 2. The average molecular weight is 586 g/mol. The van der Waals surface area contributed by atoms with E-state index in [1.807, 2.05) is 25.1 Å². The van der Waals surface area contributed by atoms with E-state index < -0.39 is 17.8 Å². The Hall–Kier alpha value is -3.82. The SMILES string of the molecule is CCOc1c(Br)cc(/C=C2\C(=O)NC(=O)N(c3ccc(OCc4ccccc4Cl)cc3)C2=O)cc1OC. The molecule has 190 valence electrons. The summed E-state index contributed by atoms with van der Waals surface area (Å²) in [4.78, 5) is 39.3. The second kappa shape index (κ2) is 11.5. The van der Waals surface area contributed by atoms with Gasteiger partial charge in [-0.25, -0.2) is 9.69 Å². The fraction of sp³-hybridized carbons (Fsp3) is 0.148. The summed E-state index contributed by atoms with van der Waals surface area (Å²) in [6, 6.07) is 16.2. The second-order valence-corrected chi connectivity index (χ2v) is 9.06. The van der Waals surface area contributed by atoms with E-state index in [-0.39, 0.29) is 17.9 Å². The van der Waals surface area contributed by atoms with E-state index in [0.29, 0.717) is 38.9 Å². The quantitative estimate of drug-likeness (QED) is 0.267. The molecule has 0 atom stereocenters. The summed E-state index contributed by atoms with van der Waals surface area (Å²) >= 11 is 9.59. The molecule has 0 bridgehead atoms. The van der Waals surface area contributed by atoms with Gasteiger partial charge in [0, 0.05) is 10.6 Å². The Morgan fingerprint density at radius 3 is 2.43 bits per heavy atom. The molecule has 0 spiro atoms. The molecular weight excluding hydrogens is 564 g/mol.